The molecule has 4 aromatic carbocycles. The van der Waals surface area contributed by atoms with Crippen LogP contribution in [0.4, 0.5) is 0 Å². The van der Waals surface area contributed by atoms with Gasteiger partial charge in [-0.15, -0.1) is 0 Å². The number of methoxy groups -OCH3 is 2. The van der Waals surface area contributed by atoms with Gasteiger partial charge in [-0.05, 0) is 70.3 Å². The van der Waals surface area contributed by atoms with E-state index in [1.807, 2.05) is 54.6 Å². The molecular weight excluding hydrogens is 396 g/mol. The molecule has 0 amide bonds. The molecule has 0 atom stereocenters. The second-order valence-corrected chi connectivity index (χ2v) is 7.36. The lowest BCUT2D eigenvalue weighted by Crippen LogP contribution is -1.95. The number of hydrogen-bond acceptors (Lipinski definition) is 3. The Bertz CT molecular complexity index is 1140. The highest BCUT2D eigenvalue weighted by Crippen LogP contribution is 2.29. The van der Waals surface area contributed by atoms with Crippen molar-refractivity contribution < 1.29 is 14.2 Å². The minimum Gasteiger partial charge on any atom is -0.497 e. The molecule has 3 heteroatoms. The second kappa shape index (κ2) is 10.4. The van der Waals surface area contributed by atoms with Gasteiger partial charge in [0.2, 0.25) is 0 Å². The van der Waals surface area contributed by atoms with Gasteiger partial charge in [-0.2, -0.15) is 0 Å². The van der Waals surface area contributed by atoms with Crippen molar-refractivity contribution in [3.05, 3.63) is 125 Å². The average Bonchev–Trinajstić information content (AvgIpc) is 2.87. The minimum atomic E-state index is 0.549. The van der Waals surface area contributed by atoms with E-state index in [2.05, 4.69) is 54.6 Å². The van der Waals surface area contributed by atoms with Crippen molar-refractivity contribution in [3.8, 4) is 17.2 Å². The van der Waals surface area contributed by atoms with Crippen LogP contribution in [0, 0.1) is 0 Å². The lowest BCUT2D eigenvalue weighted by molar-refractivity contribution is 0.306. The summed E-state index contributed by atoms with van der Waals surface area (Å²) in [5, 5.41) is 0. The largest absolute Gasteiger partial charge is 0.497 e. The predicted octanol–water partition coefficient (Wildman–Crippen LogP) is 6.87. The molecule has 160 valence electrons. The van der Waals surface area contributed by atoms with Crippen LogP contribution in [-0.4, -0.2) is 14.2 Å². The van der Waals surface area contributed by atoms with Crippen molar-refractivity contribution in [2.75, 3.05) is 14.2 Å². The molecule has 0 unspecified atom stereocenters. The van der Waals surface area contributed by atoms with Crippen LogP contribution in [0.5, 0.6) is 17.2 Å². The van der Waals surface area contributed by atoms with E-state index in [1.165, 1.54) is 0 Å². The van der Waals surface area contributed by atoms with Gasteiger partial charge >= 0.3 is 0 Å². The van der Waals surface area contributed by atoms with Crippen molar-refractivity contribution in [1.29, 1.82) is 0 Å². The maximum atomic E-state index is 5.96. The number of rotatable bonds is 8. The normalized spacial score (nSPS) is 11.1. The molecule has 0 saturated heterocycles. The Morgan fingerprint density at radius 2 is 1.09 bits per heavy atom. The lowest BCUT2D eigenvalue weighted by Gasteiger charge is -2.12. The Kier molecular flexibility index (Phi) is 6.88. The van der Waals surface area contributed by atoms with Crippen LogP contribution in [0.2, 0.25) is 0 Å². The third kappa shape index (κ3) is 5.38. The standard InChI is InChI=1S/C29H26O3/c1-30-26-14-8-22(9-15-26)20-29(24-10-16-27(31-2)17-11-24)25-12-18-28(19-13-25)32-21-23-6-4-3-5-7-23/h3-20H,21H2,1-2H3/b29-20+. The Morgan fingerprint density at radius 3 is 1.62 bits per heavy atom. The molecule has 0 aliphatic carbocycles. The zero-order chi connectivity index (χ0) is 22.2. The van der Waals surface area contributed by atoms with Crippen molar-refractivity contribution in [2.24, 2.45) is 0 Å². The van der Waals surface area contributed by atoms with Gasteiger partial charge in [-0.25, -0.2) is 0 Å². The van der Waals surface area contributed by atoms with Crippen molar-refractivity contribution in [1.82, 2.24) is 0 Å². The Hall–Kier alpha value is -3.98. The summed E-state index contributed by atoms with van der Waals surface area (Å²) < 4.78 is 16.6. The minimum absolute atomic E-state index is 0.549. The fourth-order valence-corrected chi connectivity index (χ4v) is 3.44. The number of benzene rings is 4. The second-order valence-electron chi connectivity index (χ2n) is 7.36. The summed E-state index contributed by atoms with van der Waals surface area (Å²) >= 11 is 0. The molecule has 0 spiro atoms. The highest BCUT2D eigenvalue weighted by Gasteiger charge is 2.07. The molecule has 0 saturated carbocycles. The van der Waals surface area contributed by atoms with Crippen molar-refractivity contribution in [3.63, 3.8) is 0 Å². The first kappa shape index (κ1) is 21.3. The van der Waals surface area contributed by atoms with Gasteiger partial charge in [0.1, 0.15) is 23.9 Å². The third-order valence-electron chi connectivity index (χ3n) is 5.24. The summed E-state index contributed by atoms with van der Waals surface area (Å²) in [6, 6.07) is 34.6. The summed E-state index contributed by atoms with van der Waals surface area (Å²) in [7, 11) is 3.35. The molecule has 0 bridgehead atoms. The molecule has 3 nitrogen and oxygen atoms in total. The third-order valence-corrected chi connectivity index (χ3v) is 5.24. The van der Waals surface area contributed by atoms with E-state index >= 15 is 0 Å². The van der Waals surface area contributed by atoms with Gasteiger partial charge in [0.25, 0.3) is 0 Å². The molecule has 4 aromatic rings. The predicted molar refractivity (Wildman–Crippen MR) is 130 cm³/mol. The van der Waals surface area contributed by atoms with Gasteiger partial charge in [-0.3, -0.25) is 0 Å². The molecule has 0 aromatic heterocycles. The smallest absolute Gasteiger partial charge is 0.119 e. The summed E-state index contributed by atoms with van der Waals surface area (Å²) in [6.45, 7) is 0.549. The summed E-state index contributed by atoms with van der Waals surface area (Å²) in [5.41, 5.74) is 5.58. The van der Waals surface area contributed by atoms with E-state index < -0.39 is 0 Å². The zero-order valence-corrected chi connectivity index (χ0v) is 18.3. The molecule has 0 N–H and O–H groups in total. The van der Waals surface area contributed by atoms with E-state index in [1.54, 1.807) is 14.2 Å². The molecule has 0 heterocycles. The lowest BCUT2D eigenvalue weighted by atomic mass is 9.95. The van der Waals surface area contributed by atoms with Gasteiger partial charge < -0.3 is 14.2 Å². The van der Waals surface area contributed by atoms with Crippen molar-refractivity contribution in [2.45, 2.75) is 6.61 Å². The van der Waals surface area contributed by atoms with Crippen LogP contribution < -0.4 is 14.2 Å². The average molecular weight is 423 g/mol. The van der Waals surface area contributed by atoms with E-state index in [-0.39, 0.29) is 0 Å². The SMILES string of the molecule is COc1ccc(/C=C(\c2ccc(OC)cc2)c2ccc(OCc3ccccc3)cc2)cc1. The summed E-state index contributed by atoms with van der Waals surface area (Å²) in [4.78, 5) is 0. The highest BCUT2D eigenvalue weighted by atomic mass is 16.5. The van der Waals surface area contributed by atoms with E-state index in [4.69, 9.17) is 14.2 Å². The Labute approximate surface area is 189 Å². The Balaban J connectivity index is 1.61. The zero-order valence-electron chi connectivity index (χ0n) is 18.3. The van der Waals surface area contributed by atoms with E-state index in [0.717, 1.165) is 45.1 Å². The van der Waals surface area contributed by atoms with Gasteiger partial charge in [-0.1, -0.05) is 66.7 Å². The van der Waals surface area contributed by atoms with Crippen LogP contribution in [-0.2, 0) is 6.61 Å². The summed E-state index contributed by atoms with van der Waals surface area (Å²) in [6.07, 6.45) is 2.18. The maximum absolute atomic E-state index is 5.96. The first-order chi connectivity index (χ1) is 15.7. The van der Waals surface area contributed by atoms with Gasteiger partial charge in [0.15, 0.2) is 0 Å². The molecule has 0 radical (unpaired) electrons. The Morgan fingerprint density at radius 1 is 0.594 bits per heavy atom. The molecule has 0 fully saturated rings. The first-order valence-corrected chi connectivity index (χ1v) is 10.5. The van der Waals surface area contributed by atoms with Crippen molar-refractivity contribution >= 4 is 11.6 Å². The quantitative estimate of drug-likeness (QED) is 0.290. The molecule has 0 aliphatic rings. The molecule has 4 rings (SSSR count). The molecule has 32 heavy (non-hydrogen) atoms. The number of hydrogen-bond donors (Lipinski definition) is 0. The van der Waals surface area contributed by atoms with Crippen LogP contribution in [0.1, 0.15) is 22.3 Å². The topological polar surface area (TPSA) is 27.7 Å². The van der Waals surface area contributed by atoms with Crippen LogP contribution in [0.3, 0.4) is 0 Å². The van der Waals surface area contributed by atoms with Crippen LogP contribution >= 0.6 is 0 Å². The van der Waals surface area contributed by atoms with Crippen LogP contribution in [0.25, 0.3) is 11.6 Å². The fraction of sp³-hybridized carbons (Fsp3) is 0.103. The highest BCUT2D eigenvalue weighted by molar-refractivity contribution is 5.91. The van der Waals surface area contributed by atoms with E-state index in [0.29, 0.717) is 6.61 Å². The fourth-order valence-electron chi connectivity index (χ4n) is 3.44. The summed E-state index contributed by atoms with van der Waals surface area (Å²) in [5.74, 6) is 2.52. The monoisotopic (exact) mass is 422 g/mol. The first-order valence-electron chi connectivity index (χ1n) is 10.5. The maximum Gasteiger partial charge on any atom is 0.119 e. The van der Waals surface area contributed by atoms with Crippen LogP contribution in [0.15, 0.2) is 103 Å². The molecule has 0 aliphatic heterocycles. The number of ether oxygens (including phenoxy) is 3. The van der Waals surface area contributed by atoms with E-state index in [9.17, 15) is 0 Å². The molecular formula is C29H26O3. The van der Waals surface area contributed by atoms with Gasteiger partial charge in [0.05, 0.1) is 14.2 Å². The van der Waals surface area contributed by atoms with Gasteiger partial charge in [0, 0.05) is 0 Å².